The summed E-state index contributed by atoms with van der Waals surface area (Å²) in [6, 6.07) is 12.1. The molecule has 1 aromatic heterocycles. The lowest BCUT2D eigenvalue weighted by atomic mass is 9.88. The molecule has 2 amide bonds. The van der Waals surface area contributed by atoms with E-state index in [0.717, 1.165) is 11.3 Å². The zero-order chi connectivity index (χ0) is 21.6. The van der Waals surface area contributed by atoms with Crippen LogP contribution in [-0.2, 0) is 16.1 Å². The Morgan fingerprint density at radius 3 is 2.43 bits per heavy atom. The van der Waals surface area contributed by atoms with Crippen LogP contribution in [0.5, 0.6) is 0 Å². The van der Waals surface area contributed by atoms with Crippen LogP contribution in [0.15, 0.2) is 47.3 Å². The Labute approximate surface area is 175 Å². The molecule has 1 aromatic carbocycles. The maximum Gasteiger partial charge on any atom is 0.258 e. The maximum absolute atomic E-state index is 13.3. The molecule has 0 aliphatic carbocycles. The zero-order valence-corrected chi connectivity index (χ0v) is 17.5. The van der Waals surface area contributed by atoms with Crippen molar-refractivity contribution in [3.05, 3.63) is 58.5 Å². The van der Waals surface area contributed by atoms with E-state index in [9.17, 15) is 19.5 Å². The molecule has 1 N–H and O–H groups in total. The fraction of sp³-hybridized carbons (Fsp3) is 0.435. The van der Waals surface area contributed by atoms with Crippen LogP contribution in [0.25, 0.3) is 11.1 Å². The van der Waals surface area contributed by atoms with E-state index in [1.54, 1.807) is 36.6 Å². The number of carbonyl (C=O) groups is 2. The van der Waals surface area contributed by atoms with Crippen molar-refractivity contribution in [2.75, 3.05) is 20.7 Å². The summed E-state index contributed by atoms with van der Waals surface area (Å²) in [5.74, 6) is -0.938. The number of rotatable bonds is 4. The highest BCUT2D eigenvalue weighted by atomic mass is 16.3. The van der Waals surface area contributed by atoms with E-state index in [-0.39, 0.29) is 42.4 Å². The molecule has 0 spiro atoms. The number of carbonyl (C=O) groups excluding carboxylic acids is 2. The van der Waals surface area contributed by atoms with Crippen molar-refractivity contribution in [2.24, 2.45) is 11.8 Å². The lowest BCUT2D eigenvalue weighted by Gasteiger charge is -2.32. The molecule has 2 aliphatic heterocycles. The standard InChI is InChI=1S/C23H27N3O4/c1-4-19(28)26-20-16(17(13-27)21(26)23(30)24(2)3)12-25-18(20)11-10-15(22(25)29)14-8-6-5-7-9-14/h5-11,16-17,20-21,27H,4,12-13H2,1-3H3/t16-,17-,20+,21-/m1/s1. The molecule has 0 bridgehead atoms. The van der Waals surface area contributed by atoms with Gasteiger partial charge in [-0.2, -0.15) is 0 Å². The Morgan fingerprint density at radius 2 is 1.83 bits per heavy atom. The Kier molecular flexibility index (Phi) is 5.24. The molecule has 0 saturated carbocycles. The summed E-state index contributed by atoms with van der Waals surface area (Å²) < 4.78 is 1.71. The minimum atomic E-state index is -0.717. The van der Waals surface area contributed by atoms with Crippen LogP contribution in [0, 0.1) is 11.8 Å². The highest BCUT2D eigenvalue weighted by Gasteiger charge is 2.57. The number of likely N-dealkylation sites (tertiary alicyclic amines) is 1. The monoisotopic (exact) mass is 409 g/mol. The minimum Gasteiger partial charge on any atom is -0.396 e. The third-order valence-electron chi connectivity index (χ3n) is 6.44. The van der Waals surface area contributed by atoms with Crippen molar-refractivity contribution in [1.82, 2.24) is 14.4 Å². The molecule has 4 rings (SSSR count). The first-order chi connectivity index (χ1) is 14.4. The highest BCUT2D eigenvalue weighted by Crippen LogP contribution is 2.49. The van der Waals surface area contributed by atoms with Crippen molar-refractivity contribution < 1.29 is 14.7 Å². The number of fused-ring (bicyclic) bond motifs is 3. The number of aliphatic hydroxyl groups excluding tert-OH is 1. The molecule has 30 heavy (non-hydrogen) atoms. The van der Waals surface area contributed by atoms with Crippen LogP contribution in [0.1, 0.15) is 25.1 Å². The number of aromatic nitrogens is 1. The molecule has 7 nitrogen and oxygen atoms in total. The van der Waals surface area contributed by atoms with E-state index in [2.05, 4.69) is 0 Å². The van der Waals surface area contributed by atoms with Gasteiger partial charge in [0.15, 0.2) is 0 Å². The maximum atomic E-state index is 13.3. The summed E-state index contributed by atoms with van der Waals surface area (Å²) in [4.78, 5) is 42.2. The molecule has 0 unspecified atom stereocenters. The van der Waals surface area contributed by atoms with Crippen molar-refractivity contribution >= 4 is 11.8 Å². The fourth-order valence-electron chi connectivity index (χ4n) is 5.03. The first kappa shape index (κ1) is 20.3. The molecule has 0 radical (unpaired) electrons. The first-order valence-electron chi connectivity index (χ1n) is 10.3. The van der Waals surface area contributed by atoms with E-state index in [1.807, 2.05) is 36.4 Å². The summed E-state index contributed by atoms with van der Waals surface area (Å²) in [6.07, 6.45) is 0.255. The molecule has 1 fully saturated rings. The van der Waals surface area contributed by atoms with Crippen LogP contribution >= 0.6 is 0 Å². The van der Waals surface area contributed by atoms with E-state index < -0.39 is 12.0 Å². The minimum absolute atomic E-state index is 0.107. The van der Waals surface area contributed by atoms with Crippen LogP contribution in [-0.4, -0.2) is 58.0 Å². The van der Waals surface area contributed by atoms with Gasteiger partial charge in [-0.15, -0.1) is 0 Å². The van der Waals surface area contributed by atoms with Gasteiger partial charge in [-0.05, 0) is 17.7 Å². The number of hydrogen-bond acceptors (Lipinski definition) is 4. The second-order valence-electron chi connectivity index (χ2n) is 8.24. The molecule has 158 valence electrons. The summed E-state index contributed by atoms with van der Waals surface area (Å²) in [5.41, 5.74) is 2.08. The lowest BCUT2D eigenvalue weighted by Crippen LogP contribution is -2.49. The number of amides is 2. The summed E-state index contributed by atoms with van der Waals surface area (Å²) in [7, 11) is 3.31. The third-order valence-corrected chi connectivity index (χ3v) is 6.44. The number of pyridine rings is 1. The predicted molar refractivity (Wildman–Crippen MR) is 113 cm³/mol. The predicted octanol–water partition coefficient (Wildman–Crippen LogP) is 1.50. The average Bonchev–Trinajstić information content (AvgIpc) is 3.28. The van der Waals surface area contributed by atoms with Gasteiger partial charge in [0.25, 0.3) is 5.56 Å². The molecule has 2 aromatic rings. The lowest BCUT2D eigenvalue weighted by molar-refractivity contribution is -0.145. The van der Waals surface area contributed by atoms with E-state index in [4.69, 9.17) is 0 Å². The van der Waals surface area contributed by atoms with E-state index in [1.165, 1.54) is 4.90 Å². The number of nitrogens with zero attached hydrogens (tertiary/aromatic N) is 3. The largest absolute Gasteiger partial charge is 0.396 e. The molecule has 4 atom stereocenters. The smallest absolute Gasteiger partial charge is 0.258 e. The van der Waals surface area contributed by atoms with Gasteiger partial charge in [0.2, 0.25) is 11.8 Å². The van der Waals surface area contributed by atoms with Gasteiger partial charge in [-0.1, -0.05) is 37.3 Å². The van der Waals surface area contributed by atoms with Gasteiger partial charge in [0, 0.05) is 56.8 Å². The second kappa shape index (κ2) is 7.72. The van der Waals surface area contributed by atoms with Crippen LogP contribution in [0.2, 0.25) is 0 Å². The highest BCUT2D eigenvalue weighted by molar-refractivity contribution is 5.89. The van der Waals surface area contributed by atoms with Crippen LogP contribution < -0.4 is 5.56 Å². The van der Waals surface area contributed by atoms with Crippen molar-refractivity contribution in [1.29, 1.82) is 0 Å². The molecule has 2 aliphatic rings. The number of benzene rings is 1. The molecule has 7 heteroatoms. The van der Waals surface area contributed by atoms with Crippen molar-refractivity contribution in [3.63, 3.8) is 0 Å². The van der Waals surface area contributed by atoms with Gasteiger partial charge < -0.3 is 19.5 Å². The fourth-order valence-corrected chi connectivity index (χ4v) is 5.03. The van der Waals surface area contributed by atoms with E-state index in [0.29, 0.717) is 12.1 Å². The Bertz CT molecular complexity index is 1030. The Balaban J connectivity index is 1.83. The summed E-state index contributed by atoms with van der Waals surface area (Å²) in [5, 5.41) is 10.2. The number of aliphatic hydroxyl groups is 1. The zero-order valence-electron chi connectivity index (χ0n) is 17.5. The number of likely N-dealkylation sites (N-methyl/N-ethyl adjacent to an activating group) is 1. The van der Waals surface area contributed by atoms with Gasteiger partial charge in [0.1, 0.15) is 6.04 Å². The normalized spacial score (nSPS) is 24.5. The van der Waals surface area contributed by atoms with Crippen LogP contribution in [0.3, 0.4) is 0 Å². The topological polar surface area (TPSA) is 82.9 Å². The molecular formula is C23H27N3O4. The average molecular weight is 409 g/mol. The van der Waals surface area contributed by atoms with Gasteiger partial charge in [-0.25, -0.2) is 0 Å². The Morgan fingerprint density at radius 1 is 1.13 bits per heavy atom. The van der Waals surface area contributed by atoms with Gasteiger partial charge in [0.05, 0.1) is 6.04 Å². The molecule has 1 saturated heterocycles. The summed E-state index contributed by atoms with van der Waals surface area (Å²) in [6.45, 7) is 1.93. The second-order valence-corrected chi connectivity index (χ2v) is 8.24. The third kappa shape index (κ3) is 2.96. The van der Waals surface area contributed by atoms with E-state index >= 15 is 0 Å². The SMILES string of the molecule is CCC(=O)N1[C@@H]2c3ccc(-c4ccccc4)c(=O)n3C[C@@H]2[C@@H](CO)[C@@H]1C(=O)N(C)C. The van der Waals surface area contributed by atoms with Gasteiger partial charge >= 0.3 is 0 Å². The van der Waals surface area contributed by atoms with Gasteiger partial charge in [-0.3, -0.25) is 14.4 Å². The van der Waals surface area contributed by atoms with Crippen LogP contribution in [0.4, 0.5) is 0 Å². The first-order valence-corrected chi connectivity index (χ1v) is 10.3. The summed E-state index contributed by atoms with van der Waals surface area (Å²) >= 11 is 0. The van der Waals surface area contributed by atoms with Crippen molar-refractivity contribution in [2.45, 2.75) is 32.0 Å². The van der Waals surface area contributed by atoms with Crippen molar-refractivity contribution in [3.8, 4) is 11.1 Å². The molecular weight excluding hydrogens is 382 g/mol. The Hall–Kier alpha value is -2.93. The quantitative estimate of drug-likeness (QED) is 0.830. The molecule has 3 heterocycles. The number of hydrogen-bond donors (Lipinski definition) is 1.